The maximum absolute atomic E-state index is 5.37. The molecule has 2 N–H and O–H groups in total. The monoisotopic (exact) mass is 243 g/mol. The van der Waals surface area contributed by atoms with Gasteiger partial charge in [-0.05, 0) is 31.0 Å². The largest absolute Gasteiger partial charge is 0.411 e. The fraction of sp³-hybridized carbons (Fsp3) is 0.357. The quantitative estimate of drug-likeness (QED) is 0.840. The molecular formula is C14H17N3O. The average molecular weight is 243 g/mol. The molecule has 1 aliphatic rings. The van der Waals surface area contributed by atoms with Gasteiger partial charge in [-0.1, -0.05) is 6.92 Å². The van der Waals surface area contributed by atoms with Gasteiger partial charge < -0.3 is 9.74 Å². The van der Waals surface area contributed by atoms with E-state index in [1.165, 1.54) is 12.1 Å². The fourth-order valence-corrected chi connectivity index (χ4v) is 2.28. The maximum atomic E-state index is 5.37. The van der Waals surface area contributed by atoms with E-state index < -0.39 is 0 Å². The lowest BCUT2D eigenvalue weighted by Gasteiger charge is -2.33. The highest BCUT2D eigenvalue weighted by Crippen LogP contribution is 2.30. The van der Waals surface area contributed by atoms with Gasteiger partial charge in [0.05, 0.1) is 5.52 Å². The van der Waals surface area contributed by atoms with E-state index in [2.05, 4.69) is 28.9 Å². The molecule has 0 atom stereocenters. The molecule has 0 aliphatic carbocycles. The van der Waals surface area contributed by atoms with Crippen molar-refractivity contribution < 1.29 is 4.84 Å². The highest BCUT2D eigenvalue weighted by molar-refractivity contribution is 5.88. The minimum atomic E-state index is 0.708. The van der Waals surface area contributed by atoms with Crippen LogP contribution in [0.4, 0.5) is 5.69 Å². The van der Waals surface area contributed by atoms with Crippen LogP contribution in [0.15, 0.2) is 24.3 Å². The van der Waals surface area contributed by atoms with Gasteiger partial charge in [0.15, 0.2) is 5.75 Å². The Morgan fingerprint density at radius 1 is 1.33 bits per heavy atom. The van der Waals surface area contributed by atoms with E-state index in [0.29, 0.717) is 5.75 Å². The third-order valence-corrected chi connectivity index (χ3v) is 3.52. The average Bonchev–Trinajstić information content (AvgIpc) is 2.35. The summed E-state index contributed by atoms with van der Waals surface area (Å²) in [6, 6.07) is 8.20. The minimum absolute atomic E-state index is 0.708. The molecule has 1 aromatic carbocycles. The summed E-state index contributed by atoms with van der Waals surface area (Å²) >= 11 is 0. The van der Waals surface area contributed by atoms with Crippen molar-refractivity contribution in [3.05, 3.63) is 30.0 Å². The second-order valence-corrected chi connectivity index (χ2v) is 4.63. The van der Waals surface area contributed by atoms with Crippen LogP contribution >= 0.6 is 0 Å². The number of aromatic nitrogens is 1. The zero-order chi connectivity index (χ0) is 12.5. The van der Waals surface area contributed by atoms with Gasteiger partial charge >= 0.3 is 0 Å². The first-order chi connectivity index (χ1) is 8.81. The molecule has 4 heteroatoms. The third-order valence-electron chi connectivity index (χ3n) is 3.52. The number of aryl methyl sites for hydroxylation is 1. The normalized spacial score (nSPS) is 14.7. The van der Waals surface area contributed by atoms with E-state index in [0.717, 1.165) is 36.1 Å². The summed E-state index contributed by atoms with van der Waals surface area (Å²) in [5.41, 5.74) is 3.16. The number of pyridine rings is 1. The van der Waals surface area contributed by atoms with Crippen LogP contribution in [-0.2, 0) is 6.42 Å². The molecule has 2 heterocycles. The van der Waals surface area contributed by atoms with E-state index in [1.54, 1.807) is 0 Å². The van der Waals surface area contributed by atoms with Crippen LogP contribution in [0.2, 0.25) is 0 Å². The van der Waals surface area contributed by atoms with E-state index >= 15 is 0 Å². The summed E-state index contributed by atoms with van der Waals surface area (Å²) in [5.74, 6) is 6.08. The SMILES string of the molecule is CCc1cc(ON)c2cc(N3CCC3)ccc2n1. The Hall–Kier alpha value is -1.81. The molecule has 1 fully saturated rings. The Balaban J connectivity index is 2.13. The second kappa shape index (κ2) is 4.46. The fourth-order valence-electron chi connectivity index (χ4n) is 2.28. The van der Waals surface area contributed by atoms with Crippen molar-refractivity contribution in [1.82, 2.24) is 4.98 Å². The van der Waals surface area contributed by atoms with Gasteiger partial charge in [0.1, 0.15) is 0 Å². The number of anilines is 1. The van der Waals surface area contributed by atoms with Gasteiger partial charge in [0.25, 0.3) is 0 Å². The Morgan fingerprint density at radius 2 is 2.17 bits per heavy atom. The van der Waals surface area contributed by atoms with Crippen LogP contribution in [0.3, 0.4) is 0 Å². The zero-order valence-electron chi connectivity index (χ0n) is 10.5. The summed E-state index contributed by atoms with van der Waals surface area (Å²) in [6.07, 6.45) is 2.14. The lowest BCUT2D eigenvalue weighted by atomic mass is 10.1. The molecule has 0 amide bonds. The molecule has 18 heavy (non-hydrogen) atoms. The van der Waals surface area contributed by atoms with Gasteiger partial charge in [-0.2, -0.15) is 5.90 Å². The Bertz CT molecular complexity index is 579. The van der Waals surface area contributed by atoms with Crippen LogP contribution in [0.25, 0.3) is 10.9 Å². The molecular weight excluding hydrogens is 226 g/mol. The molecule has 0 spiro atoms. The molecule has 0 radical (unpaired) electrons. The van der Waals surface area contributed by atoms with Crippen LogP contribution in [0.1, 0.15) is 19.0 Å². The molecule has 4 nitrogen and oxygen atoms in total. The van der Waals surface area contributed by atoms with E-state index in [1.807, 2.05) is 12.1 Å². The molecule has 0 bridgehead atoms. The van der Waals surface area contributed by atoms with Crippen molar-refractivity contribution in [1.29, 1.82) is 0 Å². The minimum Gasteiger partial charge on any atom is -0.411 e. The number of nitrogens with two attached hydrogens (primary N) is 1. The van der Waals surface area contributed by atoms with Crippen molar-refractivity contribution in [2.24, 2.45) is 5.90 Å². The highest BCUT2D eigenvalue weighted by Gasteiger charge is 2.16. The Labute approximate surface area is 106 Å². The molecule has 2 aromatic rings. The molecule has 0 unspecified atom stereocenters. The zero-order valence-corrected chi connectivity index (χ0v) is 10.5. The van der Waals surface area contributed by atoms with Crippen LogP contribution in [0.5, 0.6) is 5.75 Å². The van der Waals surface area contributed by atoms with Gasteiger partial charge in [-0.3, -0.25) is 4.98 Å². The molecule has 1 aliphatic heterocycles. The molecule has 0 saturated carbocycles. The standard InChI is InChI=1S/C14H17N3O/c1-2-10-8-14(18-15)12-9-11(17-6-3-7-17)4-5-13(12)16-10/h4-5,8-9H,2-3,6-7,15H2,1H3. The summed E-state index contributed by atoms with van der Waals surface area (Å²) in [6.45, 7) is 4.33. The predicted octanol–water partition coefficient (Wildman–Crippen LogP) is 2.26. The van der Waals surface area contributed by atoms with Crippen molar-refractivity contribution >= 4 is 16.6 Å². The van der Waals surface area contributed by atoms with E-state index in [-0.39, 0.29) is 0 Å². The van der Waals surface area contributed by atoms with Crippen molar-refractivity contribution in [3.8, 4) is 5.75 Å². The maximum Gasteiger partial charge on any atom is 0.158 e. The van der Waals surface area contributed by atoms with E-state index in [9.17, 15) is 0 Å². The Morgan fingerprint density at radius 3 is 2.78 bits per heavy atom. The first kappa shape index (κ1) is 11.3. The van der Waals surface area contributed by atoms with Gasteiger partial charge in [0, 0.05) is 35.9 Å². The van der Waals surface area contributed by atoms with Crippen LogP contribution in [0, 0.1) is 0 Å². The van der Waals surface area contributed by atoms with Crippen molar-refractivity contribution in [3.63, 3.8) is 0 Å². The van der Waals surface area contributed by atoms with Gasteiger partial charge in [-0.25, -0.2) is 0 Å². The summed E-state index contributed by atoms with van der Waals surface area (Å²) in [7, 11) is 0. The third kappa shape index (κ3) is 1.78. The molecule has 3 rings (SSSR count). The van der Waals surface area contributed by atoms with E-state index in [4.69, 9.17) is 10.7 Å². The Kier molecular flexibility index (Phi) is 2.80. The number of rotatable bonds is 3. The van der Waals surface area contributed by atoms with Crippen LogP contribution in [-0.4, -0.2) is 18.1 Å². The predicted molar refractivity (Wildman–Crippen MR) is 72.8 cm³/mol. The van der Waals surface area contributed by atoms with Crippen molar-refractivity contribution in [2.75, 3.05) is 18.0 Å². The topological polar surface area (TPSA) is 51.4 Å². The smallest absolute Gasteiger partial charge is 0.158 e. The summed E-state index contributed by atoms with van der Waals surface area (Å²) in [5, 5.41) is 0.985. The molecule has 1 saturated heterocycles. The first-order valence-electron chi connectivity index (χ1n) is 6.37. The number of hydrogen-bond acceptors (Lipinski definition) is 4. The van der Waals surface area contributed by atoms with Gasteiger partial charge in [-0.15, -0.1) is 0 Å². The number of benzene rings is 1. The van der Waals surface area contributed by atoms with Gasteiger partial charge in [0.2, 0.25) is 0 Å². The second-order valence-electron chi connectivity index (χ2n) is 4.63. The molecule has 94 valence electrons. The number of nitrogens with zero attached hydrogens (tertiary/aromatic N) is 2. The lowest BCUT2D eigenvalue weighted by Crippen LogP contribution is -2.36. The first-order valence-corrected chi connectivity index (χ1v) is 6.37. The number of hydrogen-bond donors (Lipinski definition) is 1. The molecule has 1 aromatic heterocycles. The summed E-state index contributed by atoms with van der Waals surface area (Å²) in [4.78, 5) is 11.9. The van der Waals surface area contributed by atoms with Crippen LogP contribution < -0.4 is 15.6 Å². The highest BCUT2D eigenvalue weighted by atomic mass is 16.6. The lowest BCUT2D eigenvalue weighted by molar-refractivity contribution is 0.338. The van der Waals surface area contributed by atoms with Crippen molar-refractivity contribution in [2.45, 2.75) is 19.8 Å². The number of fused-ring (bicyclic) bond motifs is 1. The summed E-state index contributed by atoms with van der Waals surface area (Å²) < 4.78 is 0.